The van der Waals surface area contributed by atoms with Crippen LogP contribution in [0.25, 0.3) is 0 Å². The lowest BCUT2D eigenvalue weighted by Gasteiger charge is -2.42. The van der Waals surface area contributed by atoms with Gasteiger partial charge in [-0.05, 0) is 6.92 Å². The van der Waals surface area contributed by atoms with Crippen LogP contribution in [0.1, 0.15) is 6.92 Å². The predicted molar refractivity (Wildman–Crippen MR) is 69.7 cm³/mol. The van der Waals surface area contributed by atoms with Crippen molar-refractivity contribution in [1.29, 1.82) is 0 Å². The smallest absolute Gasteiger partial charge is 0.397 e. The van der Waals surface area contributed by atoms with Crippen molar-refractivity contribution in [3.63, 3.8) is 0 Å². The lowest BCUT2D eigenvalue weighted by molar-refractivity contribution is -0.473. The van der Waals surface area contributed by atoms with Gasteiger partial charge in [0.2, 0.25) is 0 Å². The molecule has 0 aliphatic rings. The van der Waals surface area contributed by atoms with Gasteiger partial charge in [0.25, 0.3) is 0 Å². The molecule has 1 N–H and O–H groups in total. The second-order valence-electron chi connectivity index (χ2n) is 5.40. The number of alkyl halides is 17. The van der Waals surface area contributed by atoms with Gasteiger partial charge in [0.05, 0.1) is 0 Å². The molecule has 0 aliphatic heterocycles. The van der Waals surface area contributed by atoms with Crippen LogP contribution in [-0.4, -0.2) is 65.5 Å². The summed E-state index contributed by atoms with van der Waals surface area (Å²) in [5, 5.41) is 7.57. The number of halogens is 17. The van der Waals surface area contributed by atoms with Crippen molar-refractivity contribution in [2.24, 2.45) is 0 Å². The molecule has 0 rings (SSSR count). The monoisotopic (exact) mass is 536 g/mol. The van der Waals surface area contributed by atoms with E-state index in [4.69, 9.17) is 5.11 Å². The highest BCUT2D eigenvalue weighted by atomic mass is 19.4. The summed E-state index contributed by atoms with van der Waals surface area (Å²) in [6.07, 6.45) is -15.5. The SMILES string of the molecule is C=CC(=O)OC(F)(F)C(F)(F)C(F)(F)C(F)(F)C(F)(F)C(F)(F)C(F)(F)C(F)(F)F.CCO. The molecule has 0 aromatic rings. The molecule has 20 heteroatoms. The number of esters is 1. The summed E-state index contributed by atoms with van der Waals surface area (Å²) >= 11 is 0. The third kappa shape index (κ3) is 5.08. The summed E-state index contributed by atoms with van der Waals surface area (Å²) in [4.78, 5) is 10.4. The number of ether oxygens (including phenoxy) is 1. The van der Waals surface area contributed by atoms with Crippen LogP contribution in [0.15, 0.2) is 12.7 Å². The van der Waals surface area contributed by atoms with Gasteiger partial charge < -0.3 is 9.84 Å². The molecule has 0 fully saturated rings. The van der Waals surface area contributed by atoms with Gasteiger partial charge in [-0.3, -0.25) is 0 Å². The van der Waals surface area contributed by atoms with Gasteiger partial charge in [-0.25, -0.2) is 4.79 Å². The van der Waals surface area contributed by atoms with Crippen LogP contribution in [0.5, 0.6) is 0 Å². The molecule has 0 aromatic heterocycles. The Labute approximate surface area is 170 Å². The van der Waals surface area contributed by atoms with Crippen LogP contribution in [0.2, 0.25) is 0 Å². The van der Waals surface area contributed by atoms with Crippen molar-refractivity contribution in [2.45, 2.75) is 54.7 Å². The number of carbonyl (C=O) groups is 1. The Morgan fingerprint density at radius 2 is 0.909 bits per heavy atom. The molecule has 0 amide bonds. The zero-order valence-electron chi connectivity index (χ0n) is 15.2. The third-order valence-electron chi connectivity index (χ3n) is 3.09. The molecule has 0 heterocycles. The van der Waals surface area contributed by atoms with Crippen LogP contribution < -0.4 is 0 Å². The fourth-order valence-corrected chi connectivity index (χ4v) is 1.38. The maximum atomic E-state index is 13.2. The summed E-state index contributed by atoms with van der Waals surface area (Å²) in [6.45, 7) is 4.19. The van der Waals surface area contributed by atoms with Crippen molar-refractivity contribution in [2.75, 3.05) is 6.61 Å². The van der Waals surface area contributed by atoms with E-state index in [1.54, 1.807) is 6.92 Å². The Morgan fingerprint density at radius 1 is 0.667 bits per heavy atom. The first-order valence-corrected chi connectivity index (χ1v) is 7.30. The van der Waals surface area contributed by atoms with Gasteiger partial charge in [0.1, 0.15) is 0 Å². The highest BCUT2D eigenvalue weighted by Crippen LogP contribution is 2.63. The third-order valence-corrected chi connectivity index (χ3v) is 3.09. The minimum atomic E-state index is -8.73. The second kappa shape index (κ2) is 9.32. The molecule has 0 unspecified atom stereocenters. The van der Waals surface area contributed by atoms with Gasteiger partial charge in [0, 0.05) is 12.7 Å². The van der Waals surface area contributed by atoms with Gasteiger partial charge in [-0.1, -0.05) is 6.58 Å². The Morgan fingerprint density at radius 3 is 1.15 bits per heavy atom. The van der Waals surface area contributed by atoms with Crippen LogP contribution >= 0.6 is 0 Å². The van der Waals surface area contributed by atoms with E-state index in [-0.39, 0.29) is 6.61 Å². The van der Waals surface area contributed by atoms with E-state index in [0.717, 1.165) is 0 Å². The standard InChI is InChI=1S/C11H3F17O2.C2H6O/c1-2-3(29)30-11(27,28)9(22,23)7(18,19)5(14,15)4(12,13)6(16,17)8(20,21)10(24,25)26;1-2-3/h2H,1H2;3H,2H2,1H3. The van der Waals surface area contributed by atoms with E-state index < -0.39 is 59.9 Å². The Balaban J connectivity index is 0. The highest BCUT2D eigenvalue weighted by molar-refractivity contribution is 5.81. The molecule has 33 heavy (non-hydrogen) atoms. The van der Waals surface area contributed by atoms with Crippen LogP contribution in [0.4, 0.5) is 74.6 Å². The van der Waals surface area contributed by atoms with E-state index in [1.807, 2.05) is 0 Å². The number of carbonyl (C=O) groups excluding carboxylic acids is 1. The van der Waals surface area contributed by atoms with Crippen LogP contribution in [0.3, 0.4) is 0 Å². The van der Waals surface area contributed by atoms with E-state index >= 15 is 0 Å². The summed E-state index contributed by atoms with van der Waals surface area (Å²) < 4.78 is 220. The molecule has 0 atom stereocenters. The zero-order chi connectivity index (χ0) is 27.7. The van der Waals surface area contributed by atoms with E-state index in [9.17, 15) is 79.4 Å². The quantitative estimate of drug-likeness (QED) is 0.247. The Hall–Kier alpha value is -2.02. The minimum Gasteiger partial charge on any atom is -0.397 e. The molecular formula is C13H9F17O3. The predicted octanol–water partition coefficient (Wildman–Crippen LogP) is 5.68. The minimum absolute atomic E-state index is 0.250. The van der Waals surface area contributed by atoms with Crippen LogP contribution in [-0.2, 0) is 9.53 Å². The van der Waals surface area contributed by atoms with Crippen molar-refractivity contribution in [3.05, 3.63) is 12.7 Å². The summed E-state index contributed by atoms with van der Waals surface area (Å²) in [6, 6.07) is 0. The maximum Gasteiger partial charge on any atom is 0.473 e. The van der Waals surface area contributed by atoms with Crippen molar-refractivity contribution in [3.8, 4) is 0 Å². The van der Waals surface area contributed by atoms with Gasteiger partial charge in [0.15, 0.2) is 0 Å². The zero-order valence-corrected chi connectivity index (χ0v) is 15.2. The second-order valence-corrected chi connectivity index (χ2v) is 5.40. The molecule has 3 nitrogen and oxygen atoms in total. The van der Waals surface area contributed by atoms with Gasteiger partial charge in [-0.15, -0.1) is 0 Å². The Bertz CT molecular complexity index is 695. The number of aliphatic hydroxyl groups excluding tert-OH is 1. The molecule has 0 aliphatic carbocycles. The van der Waals surface area contributed by atoms with Crippen LogP contribution in [0, 0.1) is 0 Å². The summed E-state index contributed by atoms with van der Waals surface area (Å²) in [7, 11) is 0. The lowest BCUT2D eigenvalue weighted by atomic mass is 9.90. The topological polar surface area (TPSA) is 46.5 Å². The molecule has 0 spiro atoms. The highest BCUT2D eigenvalue weighted by Gasteiger charge is 2.95. The lowest BCUT2D eigenvalue weighted by Crippen LogP contribution is -2.74. The molecule has 198 valence electrons. The fourth-order valence-electron chi connectivity index (χ4n) is 1.38. The average Bonchev–Trinajstić information content (AvgIpc) is 2.59. The fraction of sp³-hybridized carbons (Fsp3) is 0.769. The normalized spacial score (nSPS) is 14.9. The van der Waals surface area contributed by atoms with E-state index in [2.05, 4.69) is 11.3 Å². The first-order chi connectivity index (χ1) is 14.1. The summed E-state index contributed by atoms with van der Waals surface area (Å²) in [5.41, 5.74) is 0. The van der Waals surface area contributed by atoms with E-state index in [0.29, 0.717) is 0 Å². The molecule has 0 saturated carbocycles. The molecule has 0 saturated heterocycles. The maximum absolute atomic E-state index is 13.2. The largest absolute Gasteiger partial charge is 0.473 e. The van der Waals surface area contributed by atoms with Crippen molar-refractivity contribution >= 4 is 5.97 Å². The van der Waals surface area contributed by atoms with Crippen molar-refractivity contribution < 1.29 is 89.3 Å². The molecule has 0 aromatic carbocycles. The van der Waals surface area contributed by atoms with Gasteiger partial charge >= 0.3 is 53.8 Å². The number of hydrogen-bond donors (Lipinski definition) is 1. The molecule has 0 radical (unpaired) electrons. The van der Waals surface area contributed by atoms with Gasteiger partial charge in [-0.2, -0.15) is 74.6 Å². The first kappa shape index (κ1) is 33.2. The number of hydrogen-bond acceptors (Lipinski definition) is 3. The first-order valence-electron chi connectivity index (χ1n) is 7.30. The molecular weight excluding hydrogens is 527 g/mol. The summed E-state index contributed by atoms with van der Waals surface area (Å²) in [5.74, 6) is -53.6. The molecule has 0 bridgehead atoms. The number of rotatable bonds is 8. The number of aliphatic hydroxyl groups is 1. The average molecular weight is 536 g/mol. The van der Waals surface area contributed by atoms with E-state index in [1.165, 1.54) is 0 Å². The van der Waals surface area contributed by atoms with Crippen molar-refractivity contribution in [1.82, 2.24) is 0 Å². The Kier molecular flexibility index (Phi) is 9.36.